The van der Waals surface area contributed by atoms with Crippen LogP contribution in [-0.4, -0.2) is 39.8 Å². The van der Waals surface area contributed by atoms with Gasteiger partial charge in [0, 0.05) is 19.1 Å². The molecule has 1 saturated heterocycles. The van der Waals surface area contributed by atoms with E-state index in [2.05, 4.69) is 31.3 Å². The summed E-state index contributed by atoms with van der Waals surface area (Å²) in [5, 5.41) is 20.3. The zero-order chi connectivity index (χ0) is 8.39. The van der Waals surface area contributed by atoms with Gasteiger partial charge in [-0.2, -0.15) is 5.21 Å². The molecular formula is C6H12N6. The van der Waals surface area contributed by atoms with E-state index >= 15 is 0 Å². The molecule has 1 aromatic rings. The molecule has 0 aliphatic carbocycles. The van der Waals surface area contributed by atoms with Gasteiger partial charge in [0.2, 0.25) is 0 Å². The Hall–Kier alpha value is -1.01. The van der Waals surface area contributed by atoms with Crippen molar-refractivity contribution in [1.82, 2.24) is 31.3 Å². The highest BCUT2D eigenvalue weighted by Gasteiger charge is 2.20. The first-order chi connectivity index (χ1) is 5.86. The Morgan fingerprint density at radius 1 is 1.58 bits per heavy atom. The van der Waals surface area contributed by atoms with Crippen LogP contribution in [0, 0.1) is 0 Å². The summed E-state index contributed by atoms with van der Waals surface area (Å²) in [4.78, 5) is 0. The topological polar surface area (TPSA) is 78.5 Å². The molecule has 0 aromatic carbocycles. The van der Waals surface area contributed by atoms with Gasteiger partial charge in [0.15, 0.2) is 5.82 Å². The average molecular weight is 168 g/mol. The highest BCUT2D eigenvalue weighted by Crippen LogP contribution is 2.05. The molecule has 1 aliphatic heterocycles. The molecule has 0 amide bonds. The van der Waals surface area contributed by atoms with E-state index in [1.165, 1.54) is 0 Å². The van der Waals surface area contributed by atoms with E-state index in [1.54, 1.807) is 0 Å². The Bertz CT molecular complexity index is 228. The van der Waals surface area contributed by atoms with Crippen LogP contribution in [-0.2, 0) is 0 Å². The number of tetrazole rings is 1. The van der Waals surface area contributed by atoms with Gasteiger partial charge >= 0.3 is 0 Å². The highest BCUT2D eigenvalue weighted by molar-refractivity contribution is 4.91. The van der Waals surface area contributed by atoms with Crippen LogP contribution >= 0.6 is 0 Å². The molecule has 1 aromatic heterocycles. The molecule has 12 heavy (non-hydrogen) atoms. The largest absolute Gasteiger partial charge is 0.314 e. The van der Waals surface area contributed by atoms with Gasteiger partial charge in [0.05, 0.1) is 6.04 Å². The lowest BCUT2D eigenvalue weighted by molar-refractivity contribution is 0.333. The van der Waals surface area contributed by atoms with E-state index in [0.717, 1.165) is 18.9 Å². The molecule has 0 bridgehead atoms. The van der Waals surface area contributed by atoms with Gasteiger partial charge in [-0.05, 0) is 6.92 Å². The van der Waals surface area contributed by atoms with Crippen LogP contribution in [0.5, 0.6) is 0 Å². The van der Waals surface area contributed by atoms with Gasteiger partial charge in [0.1, 0.15) is 0 Å². The van der Waals surface area contributed by atoms with E-state index < -0.39 is 0 Å². The van der Waals surface area contributed by atoms with Gasteiger partial charge in [-0.3, -0.25) is 0 Å². The average Bonchev–Trinajstić information content (AvgIpc) is 2.47. The van der Waals surface area contributed by atoms with Crippen LogP contribution < -0.4 is 10.6 Å². The first-order valence-corrected chi connectivity index (χ1v) is 4.06. The fourth-order valence-electron chi connectivity index (χ4n) is 1.19. The second-order valence-corrected chi connectivity index (χ2v) is 3.01. The van der Waals surface area contributed by atoms with Crippen LogP contribution in [0.15, 0.2) is 0 Å². The van der Waals surface area contributed by atoms with Crippen molar-refractivity contribution in [2.24, 2.45) is 0 Å². The monoisotopic (exact) mass is 168 g/mol. The quantitative estimate of drug-likeness (QED) is 0.529. The van der Waals surface area contributed by atoms with Crippen molar-refractivity contribution >= 4 is 0 Å². The number of H-pyrrole nitrogens is 1. The number of aromatic amines is 1. The van der Waals surface area contributed by atoms with Crippen LogP contribution in [0.1, 0.15) is 18.8 Å². The van der Waals surface area contributed by atoms with Gasteiger partial charge in [-0.1, -0.05) is 5.21 Å². The molecule has 1 fully saturated rings. The molecule has 0 saturated carbocycles. The van der Waals surface area contributed by atoms with E-state index in [9.17, 15) is 0 Å². The minimum Gasteiger partial charge on any atom is -0.314 e. The first-order valence-electron chi connectivity index (χ1n) is 4.06. The molecule has 1 atom stereocenters. The third kappa shape index (κ3) is 1.44. The molecule has 6 heteroatoms. The van der Waals surface area contributed by atoms with Crippen molar-refractivity contribution in [3.63, 3.8) is 0 Å². The normalized spacial score (nSPS) is 20.4. The Labute approximate surface area is 70.1 Å². The summed E-state index contributed by atoms with van der Waals surface area (Å²) in [5.74, 6) is 0.724. The zero-order valence-corrected chi connectivity index (χ0v) is 6.91. The predicted molar refractivity (Wildman–Crippen MR) is 42.4 cm³/mol. The Morgan fingerprint density at radius 3 is 2.92 bits per heavy atom. The molecule has 2 rings (SSSR count). The highest BCUT2D eigenvalue weighted by atomic mass is 15.5. The SMILES string of the molecule is CC(NC1CNC1)c1nn[nH]n1. The predicted octanol–water partition coefficient (Wildman–Crippen LogP) is -1.18. The standard InChI is InChI=1S/C6H12N6/c1-4(6-9-11-12-10-6)8-5-2-7-3-5/h4-5,7-8H,2-3H2,1H3,(H,9,10,11,12). The minimum absolute atomic E-state index is 0.177. The third-order valence-electron chi connectivity index (χ3n) is 2.02. The molecule has 66 valence electrons. The number of aromatic nitrogens is 4. The van der Waals surface area contributed by atoms with Crippen molar-refractivity contribution in [3.8, 4) is 0 Å². The molecule has 2 heterocycles. The van der Waals surface area contributed by atoms with E-state index in [1.807, 2.05) is 6.92 Å². The second-order valence-electron chi connectivity index (χ2n) is 3.01. The maximum atomic E-state index is 3.90. The maximum Gasteiger partial charge on any atom is 0.191 e. The lowest BCUT2D eigenvalue weighted by atomic mass is 10.1. The van der Waals surface area contributed by atoms with Crippen LogP contribution in [0.4, 0.5) is 0 Å². The van der Waals surface area contributed by atoms with Crippen molar-refractivity contribution in [2.45, 2.75) is 19.0 Å². The Balaban J connectivity index is 1.87. The summed E-state index contributed by atoms with van der Waals surface area (Å²) in [7, 11) is 0. The molecule has 1 aliphatic rings. The smallest absolute Gasteiger partial charge is 0.191 e. The fraction of sp³-hybridized carbons (Fsp3) is 0.833. The Morgan fingerprint density at radius 2 is 2.42 bits per heavy atom. The minimum atomic E-state index is 0.177. The third-order valence-corrected chi connectivity index (χ3v) is 2.02. The number of nitrogens with zero attached hydrogens (tertiary/aromatic N) is 3. The van der Waals surface area contributed by atoms with Crippen LogP contribution in [0.25, 0.3) is 0 Å². The molecule has 0 radical (unpaired) electrons. The summed E-state index contributed by atoms with van der Waals surface area (Å²) in [6.07, 6.45) is 0. The molecule has 1 unspecified atom stereocenters. The summed E-state index contributed by atoms with van der Waals surface area (Å²) in [6.45, 7) is 4.09. The Kier molecular flexibility index (Phi) is 2.01. The second kappa shape index (κ2) is 3.16. The lowest BCUT2D eigenvalue weighted by Crippen LogP contribution is -2.55. The number of hydrogen-bond donors (Lipinski definition) is 3. The molecular weight excluding hydrogens is 156 g/mol. The zero-order valence-electron chi connectivity index (χ0n) is 6.91. The number of nitrogens with one attached hydrogen (secondary N) is 3. The van der Waals surface area contributed by atoms with Crippen molar-refractivity contribution in [2.75, 3.05) is 13.1 Å². The van der Waals surface area contributed by atoms with Crippen LogP contribution in [0.2, 0.25) is 0 Å². The summed E-state index contributed by atoms with van der Waals surface area (Å²) >= 11 is 0. The van der Waals surface area contributed by atoms with E-state index in [4.69, 9.17) is 0 Å². The van der Waals surface area contributed by atoms with E-state index in [-0.39, 0.29) is 6.04 Å². The van der Waals surface area contributed by atoms with Gasteiger partial charge in [0.25, 0.3) is 0 Å². The number of rotatable bonds is 3. The van der Waals surface area contributed by atoms with E-state index in [0.29, 0.717) is 6.04 Å². The fourth-order valence-corrected chi connectivity index (χ4v) is 1.19. The summed E-state index contributed by atoms with van der Waals surface area (Å²) in [5.41, 5.74) is 0. The van der Waals surface area contributed by atoms with Gasteiger partial charge in [-0.25, -0.2) is 0 Å². The number of hydrogen-bond acceptors (Lipinski definition) is 5. The van der Waals surface area contributed by atoms with Crippen molar-refractivity contribution in [1.29, 1.82) is 0 Å². The van der Waals surface area contributed by atoms with Crippen molar-refractivity contribution < 1.29 is 0 Å². The maximum absolute atomic E-state index is 3.90. The summed E-state index contributed by atoms with van der Waals surface area (Å²) in [6, 6.07) is 0.731. The molecule has 6 nitrogen and oxygen atoms in total. The first kappa shape index (κ1) is 7.63. The van der Waals surface area contributed by atoms with Crippen molar-refractivity contribution in [3.05, 3.63) is 5.82 Å². The molecule has 0 spiro atoms. The lowest BCUT2D eigenvalue weighted by Gasteiger charge is -2.30. The van der Waals surface area contributed by atoms with Gasteiger partial charge < -0.3 is 10.6 Å². The van der Waals surface area contributed by atoms with Gasteiger partial charge in [-0.15, -0.1) is 10.2 Å². The molecule has 3 N–H and O–H groups in total. The van der Waals surface area contributed by atoms with Crippen LogP contribution in [0.3, 0.4) is 0 Å². The summed E-state index contributed by atoms with van der Waals surface area (Å²) < 4.78 is 0.